The van der Waals surface area contributed by atoms with Crippen molar-refractivity contribution >= 4 is 40.9 Å². The van der Waals surface area contributed by atoms with Gasteiger partial charge in [-0.2, -0.15) is 0 Å². The van der Waals surface area contributed by atoms with Crippen LogP contribution in [-0.2, 0) is 4.79 Å². The molecule has 0 aromatic carbocycles. The monoisotopic (exact) mass is 357 g/mol. The molecule has 1 N–H and O–H groups in total. The minimum Gasteiger partial charge on any atom is -0.478 e. The number of hydrogen-bond donors (Lipinski definition) is 1. The molecule has 128 valence electrons. The van der Waals surface area contributed by atoms with Crippen LogP contribution < -0.4 is 4.90 Å². The Morgan fingerprint density at radius 1 is 1.32 bits per heavy atom. The van der Waals surface area contributed by atoms with Crippen molar-refractivity contribution < 1.29 is 14.7 Å². The number of aromatic nitrogens is 2. The first-order chi connectivity index (χ1) is 11.7. The predicted molar refractivity (Wildman–Crippen MR) is 95.6 cm³/mol. The quantitative estimate of drug-likeness (QED) is 0.831. The van der Waals surface area contributed by atoms with Gasteiger partial charge in [-0.05, 0) is 45.0 Å². The van der Waals surface area contributed by atoms with Crippen LogP contribution >= 0.6 is 11.6 Å². The van der Waals surface area contributed by atoms with Gasteiger partial charge in [0.1, 0.15) is 5.82 Å². The lowest BCUT2D eigenvalue weighted by molar-refractivity contribution is -0.113. The van der Waals surface area contributed by atoms with E-state index < -0.39 is 11.5 Å². The number of halogens is 1. The molecule has 0 aliphatic carbocycles. The van der Waals surface area contributed by atoms with Gasteiger partial charge in [-0.25, -0.2) is 9.78 Å². The maximum absolute atomic E-state index is 13.0. The van der Waals surface area contributed by atoms with E-state index in [1.54, 1.807) is 23.2 Å². The standard InChI is InChI=1S/C18H16ClN3O3/c1-18(2,3)22-15-11(5-4-6-20-15)12(16(22)23)8-14-13(17(24)25)7-10(19)9-21-14/h4-9H,1-3H3,(H,24,25). The summed E-state index contributed by atoms with van der Waals surface area (Å²) in [5, 5.41) is 9.59. The van der Waals surface area contributed by atoms with Crippen LogP contribution in [0, 0.1) is 0 Å². The maximum Gasteiger partial charge on any atom is 0.337 e. The summed E-state index contributed by atoms with van der Waals surface area (Å²) < 4.78 is 0. The Bertz CT molecular complexity index is 916. The van der Waals surface area contributed by atoms with Crippen LogP contribution in [0.2, 0.25) is 5.02 Å². The Kier molecular flexibility index (Phi) is 4.08. The number of fused-ring (bicyclic) bond motifs is 1. The normalized spacial score (nSPS) is 15.6. The molecule has 25 heavy (non-hydrogen) atoms. The number of hydrogen-bond acceptors (Lipinski definition) is 4. The topological polar surface area (TPSA) is 83.4 Å². The Balaban J connectivity index is 2.20. The highest BCUT2D eigenvalue weighted by atomic mass is 35.5. The van der Waals surface area contributed by atoms with Crippen LogP contribution in [-0.4, -0.2) is 32.5 Å². The number of amides is 1. The third-order valence-corrected chi connectivity index (χ3v) is 4.00. The first-order valence-corrected chi connectivity index (χ1v) is 7.98. The molecule has 0 unspecified atom stereocenters. The second-order valence-electron chi connectivity index (χ2n) is 6.64. The molecule has 0 fully saturated rings. The van der Waals surface area contributed by atoms with E-state index in [4.69, 9.17) is 11.6 Å². The molecule has 1 aliphatic heterocycles. The summed E-state index contributed by atoms with van der Waals surface area (Å²) in [4.78, 5) is 34.4. The van der Waals surface area contributed by atoms with E-state index >= 15 is 0 Å². The molecule has 2 aromatic heterocycles. The fraction of sp³-hybridized carbons (Fsp3) is 0.222. The maximum atomic E-state index is 13.0. The van der Waals surface area contributed by atoms with E-state index in [1.165, 1.54) is 18.3 Å². The summed E-state index contributed by atoms with van der Waals surface area (Å²) in [6.07, 6.45) is 4.46. The molecular formula is C18H16ClN3O3. The van der Waals surface area contributed by atoms with Gasteiger partial charge in [0.2, 0.25) is 0 Å². The summed E-state index contributed by atoms with van der Waals surface area (Å²) >= 11 is 5.84. The predicted octanol–water partition coefficient (Wildman–Crippen LogP) is 3.51. The number of anilines is 1. The van der Waals surface area contributed by atoms with Crippen molar-refractivity contribution in [3.63, 3.8) is 0 Å². The fourth-order valence-electron chi connectivity index (χ4n) is 2.75. The second-order valence-corrected chi connectivity index (χ2v) is 7.07. The zero-order valence-electron chi connectivity index (χ0n) is 13.9. The lowest BCUT2D eigenvalue weighted by atomic mass is 10.1. The number of carbonyl (C=O) groups excluding carboxylic acids is 1. The lowest BCUT2D eigenvalue weighted by Crippen LogP contribution is -2.43. The highest BCUT2D eigenvalue weighted by molar-refractivity contribution is 6.36. The van der Waals surface area contributed by atoms with Crippen molar-refractivity contribution in [2.45, 2.75) is 26.3 Å². The van der Waals surface area contributed by atoms with E-state index in [0.29, 0.717) is 17.0 Å². The van der Waals surface area contributed by atoms with Gasteiger partial charge < -0.3 is 5.11 Å². The highest BCUT2D eigenvalue weighted by Gasteiger charge is 2.40. The number of carboxylic acids is 1. The molecule has 0 radical (unpaired) electrons. The van der Waals surface area contributed by atoms with Crippen LogP contribution in [0.3, 0.4) is 0 Å². The average Bonchev–Trinajstić information content (AvgIpc) is 2.81. The zero-order chi connectivity index (χ0) is 18.4. The SMILES string of the molecule is CC(C)(C)N1C(=O)C(=Cc2ncc(Cl)cc2C(=O)O)c2cccnc21. The number of nitrogens with zero attached hydrogens (tertiary/aromatic N) is 3. The largest absolute Gasteiger partial charge is 0.478 e. The van der Waals surface area contributed by atoms with Gasteiger partial charge >= 0.3 is 5.97 Å². The number of aromatic carboxylic acids is 1. The first kappa shape index (κ1) is 17.1. The molecule has 0 bridgehead atoms. The molecule has 1 amide bonds. The van der Waals surface area contributed by atoms with Crippen molar-refractivity contribution in [2.75, 3.05) is 4.90 Å². The van der Waals surface area contributed by atoms with Crippen molar-refractivity contribution in [2.24, 2.45) is 0 Å². The molecule has 2 aromatic rings. The highest BCUT2D eigenvalue weighted by Crippen LogP contribution is 2.40. The first-order valence-electron chi connectivity index (χ1n) is 7.60. The Hall–Kier alpha value is -2.73. The van der Waals surface area contributed by atoms with Gasteiger partial charge in [0.05, 0.1) is 21.9 Å². The minimum absolute atomic E-state index is 0.0625. The van der Waals surface area contributed by atoms with Crippen molar-refractivity contribution in [3.8, 4) is 0 Å². The fourth-order valence-corrected chi connectivity index (χ4v) is 2.91. The molecule has 0 saturated carbocycles. The van der Waals surface area contributed by atoms with Crippen LogP contribution in [0.25, 0.3) is 11.6 Å². The van der Waals surface area contributed by atoms with Gasteiger partial charge in [0.25, 0.3) is 5.91 Å². The molecule has 7 heteroatoms. The third-order valence-electron chi connectivity index (χ3n) is 3.79. The Morgan fingerprint density at radius 3 is 2.68 bits per heavy atom. The summed E-state index contributed by atoms with van der Waals surface area (Å²) in [5.74, 6) is -0.849. The summed E-state index contributed by atoms with van der Waals surface area (Å²) in [6, 6.07) is 4.84. The van der Waals surface area contributed by atoms with Crippen LogP contribution in [0.15, 0.2) is 30.6 Å². The van der Waals surface area contributed by atoms with E-state index in [-0.39, 0.29) is 22.2 Å². The van der Waals surface area contributed by atoms with Gasteiger partial charge in [-0.1, -0.05) is 11.6 Å². The summed E-state index contributed by atoms with van der Waals surface area (Å²) in [5.41, 5.74) is 0.642. The molecule has 3 heterocycles. The Morgan fingerprint density at radius 2 is 2.04 bits per heavy atom. The van der Waals surface area contributed by atoms with Crippen molar-refractivity contribution in [3.05, 3.63) is 52.4 Å². The number of rotatable bonds is 2. The third kappa shape index (κ3) is 3.00. The van der Waals surface area contributed by atoms with Crippen molar-refractivity contribution in [1.29, 1.82) is 0 Å². The van der Waals surface area contributed by atoms with Gasteiger partial charge in [-0.3, -0.25) is 14.7 Å². The Labute approximate surface area is 149 Å². The molecule has 6 nitrogen and oxygen atoms in total. The van der Waals surface area contributed by atoms with E-state index in [1.807, 2.05) is 20.8 Å². The second kappa shape index (κ2) is 5.97. The van der Waals surface area contributed by atoms with Gasteiger partial charge in [0, 0.05) is 23.5 Å². The van der Waals surface area contributed by atoms with Gasteiger partial charge in [-0.15, -0.1) is 0 Å². The van der Waals surface area contributed by atoms with E-state index in [2.05, 4.69) is 9.97 Å². The van der Waals surface area contributed by atoms with E-state index in [9.17, 15) is 14.7 Å². The lowest BCUT2D eigenvalue weighted by Gasteiger charge is -2.31. The molecular weight excluding hydrogens is 342 g/mol. The number of carbonyl (C=O) groups is 2. The summed E-state index contributed by atoms with van der Waals surface area (Å²) in [7, 11) is 0. The molecule has 0 saturated heterocycles. The molecule has 1 aliphatic rings. The number of carboxylic acid groups (broad SMARTS) is 1. The van der Waals surface area contributed by atoms with Crippen LogP contribution in [0.4, 0.5) is 5.82 Å². The average molecular weight is 358 g/mol. The van der Waals surface area contributed by atoms with Gasteiger partial charge in [0.15, 0.2) is 0 Å². The van der Waals surface area contributed by atoms with E-state index in [0.717, 1.165) is 0 Å². The minimum atomic E-state index is -1.16. The molecule has 0 atom stereocenters. The summed E-state index contributed by atoms with van der Waals surface area (Å²) in [6.45, 7) is 5.74. The van der Waals surface area contributed by atoms with Crippen molar-refractivity contribution in [1.82, 2.24) is 9.97 Å². The zero-order valence-corrected chi connectivity index (χ0v) is 14.7. The molecule has 0 spiro atoms. The van der Waals surface area contributed by atoms with Crippen LogP contribution in [0.5, 0.6) is 0 Å². The van der Waals surface area contributed by atoms with Crippen LogP contribution in [0.1, 0.15) is 42.4 Å². The smallest absolute Gasteiger partial charge is 0.337 e. The number of pyridine rings is 2. The molecule has 3 rings (SSSR count).